The zero-order valence-electron chi connectivity index (χ0n) is 9.95. The fourth-order valence-electron chi connectivity index (χ4n) is 1.27. The van der Waals surface area contributed by atoms with Crippen LogP contribution in [-0.2, 0) is 5.41 Å². The molecular formula is C13H20OS. The summed E-state index contributed by atoms with van der Waals surface area (Å²) < 4.78 is 0. The highest BCUT2D eigenvalue weighted by atomic mass is 32.2. The van der Waals surface area contributed by atoms with Gasteiger partial charge in [0.05, 0.1) is 6.10 Å². The van der Waals surface area contributed by atoms with E-state index in [4.69, 9.17) is 0 Å². The lowest BCUT2D eigenvalue weighted by Gasteiger charge is -2.19. The third-order valence-electron chi connectivity index (χ3n) is 2.21. The third-order valence-corrected chi connectivity index (χ3v) is 3.47. The Labute approximate surface area is 96.9 Å². The number of hydrogen-bond donors (Lipinski definition) is 1. The first-order valence-electron chi connectivity index (χ1n) is 5.31. The monoisotopic (exact) mass is 224 g/mol. The van der Waals surface area contributed by atoms with Crippen molar-refractivity contribution in [1.29, 1.82) is 0 Å². The smallest absolute Gasteiger partial charge is 0.0606 e. The predicted molar refractivity (Wildman–Crippen MR) is 67.5 cm³/mol. The van der Waals surface area contributed by atoms with Crippen molar-refractivity contribution < 1.29 is 5.11 Å². The molecule has 1 nitrogen and oxygen atoms in total. The van der Waals surface area contributed by atoms with Gasteiger partial charge < -0.3 is 5.11 Å². The molecule has 0 bridgehead atoms. The molecular weight excluding hydrogens is 204 g/mol. The van der Waals surface area contributed by atoms with Gasteiger partial charge in [-0.3, -0.25) is 0 Å². The molecule has 1 N–H and O–H groups in total. The molecule has 0 saturated carbocycles. The van der Waals surface area contributed by atoms with Crippen molar-refractivity contribution in [2.75, 3.05) is 5.75 Å². The van der Waals surface area contributed by atoms with Gasteiger partial charge in [0.15, 0.2) is 0 Å². The number of aliphatic hydroxyl groups excluding tert-OH is 1. The lowest BCUT2D eigenvalue weighted by atomic mass is 9.87. The van der Waals surface area contributed by atoms with Crippen LogP contribution in [0.3, 0.4) is 0 Å². The minimum absolute atomic E-state index is 0.216. The summed E-state index contributed by atoms with van der Waals surface area (Å²) in [6.45, 7) is 8.46. The lowest BCUT2D eigenvalue weighted by molar-refractivity contribution is 0.220. The highest BCUT2D eigenvalue weighted by Gasteiger charge is 2.12. The van der Waals surface area contributed by atoms with E-state index in [1.807, 2.05) is 6.92 Å². The van der Waals surface area contributed by atoms with Gasteiger partial charge in [0.1, 0.15) is 0 Å². The van der Waals surface area contributed by atoms with Gasteiger partial charge in [-0.1, -0.05) is 32.9 Å². The molecule has 1 atom stereocenters. The Morgan fingerprint density at radius 3 is 2.13 bits per heavy atom. The SMILES string of the molecule is C[C@H](O)CSc1ccc(C(C)(C)C)cc1. The van der Waals surface area contributed by atoms with Gasteiger partial charge in [-0.25, -0.2) is 0 Å². The van der Waals surface area contributed by atoms with E-state index in [2.05, 4.69) is 45.0 Å². The van der Waals surface area contributed by atoms with Crippen LogP contribution in [0, 0.1) is 0 Å². The van der Waals surface area contributed by atoms with Crippen LogP contribution in [0.1, 0.15) is 33.3 Å². The Morgan fingerprint density at radius 2 is 1.73 bits per heavy atom. The average molecular weight is 224 g/mol. The van der Waals surface area contributed by atoms with Crippen LogP contribution >= 0.6 is 11.8 Å². The molecule has 0 saturated heterocycles. The van der Waals surface area contributed by atoms with E-state index in [-0.39, 0.29) is 11.5 Å². The molecule has 0 radical (unpaired) electrons. The first-order valence-corrected chi connectivity index (χ1v) is 6.29. The number of rotatable bonds is 3. The molecule has 0 amide bonds. The molecule has 0 aliphatic rings. The van der Waals surface area contributed by atoms with Crippen LogP contribution in [0.5, 0.6) is 0 Å². The van der Waals surface area contributed by atoms with Gasteiger partial charge in [0.2, 0.25) is 0 Å². The van der Waals surface area contributed by atoms with Crippen LogP contribution in [0.2, 0.25) is 0 Å². The lowest BCUT2D eigenvalue weighted by Crippen LogP contribution is -2.10. The second-order valence-corrected chi connectivity index (χ2v) is 6.03. The number of aliphatic hydroxyl groups is 1. The van der Waals surface area contributed by atoms with Crippen LogP contribution in [0.15, 0.2) is 29.2 Å². The summed E-state index contributed by atoms with van der Waals surface area (Å²) in [5.41, 5.74) is 1.57. The topological polar surface area (TPSA) is 20.2 Å². The molecule has 1 aromatic rings. The van der Waals surface area contributed by atoms with Gasteiger partial charge >= 0.3 is 0 Å². The number of hydrogen-bond acceptors (Lipinski definition) is 2. The minimum atomic E-state index is -0.239. The van der Waals surface area contributed by atoms with Crippen LogP contribution in [0.4, 0.5) is 0 Å². The van der Waals surface area contributed by atoms with E-state index in [0.717, 1.165) is 5.75 Å². The Bertz CT molecular complexity index is 295. The van der Waals surface area contributed by atoms with Gasteiger partial charge in [-0.2, -0.15) is 0 Å². The van der Waals surface area contributed by atoms with Crippen LogP contribution in [-0.4, -0.2) is 17.0 Å². The normalized spacial score (nSPS) is 13.9. The Hall–Kier alpha value is -0.470. The summed E-state index contributed by atoms with van der Waals surface area (Å²) in [6, 6.07) is 8.61. The number of thioether (sulfide) groups is 1. The molecule has 0 aliphatic carbocycles. The van der Waals surface area contributed by atoms with Crippen LogP contribution < -0.4 is 0 Å². The summed E-state index contributed by atoms with van der Waals surface area (Å²) >= 11 is 1.70. The van der Waals surface area contributed by atoms with E-state index < -0.39 is 0 Å². The quantitative estimate of drug-likeness (QED) is 0.793. The maximum atomic E-state index is 9.18. The summed E-state index contributed by atoms with van der Waals surface area (Å²) in [5.74, 6) is 0.759. The zero-order valence-corrected chi connectivity index (χ0v) is 10.8. The first kappa shape index (κ1) is 12.6. The molecule has 0 unspecified atom stereocenters. The van der Waals surface area contributed by atoms with Crippen molar-refractivity contribution >= 4 is 11.8 Å². The van der Waals surface area contributed by atoms with Crippen molar-refractivity contribution in [2.45, 2.75) is 44.1 Å². The summed E-state index contributed by atoms with van der Waals surface area (Å²) in [4.78, 5) is 1.23. The van der Waals surface area contributed by atoms with Gasteiger partial charge in [0.25, 0.3) is 0 Å². The molecule has 1 rings (SSSR count). The van der Waals surface area contributed by atoms with Crippen molar-refractivity contribution in [3.05, 3.63) is 29.8 Å². The van der Waals surface area contributed by atoms with Gasteiger partial charge in [0, 0.05) is 10.6 Å². The highest BCUT2D eigenvalue weighted by Crippen LogP contribution is 2.25. The molecule has 0 spiro atoms. The Morgan fingerprint density at radius 1 is 1.20 bits per heavy atom. The zero-order chi connectivity index (χ0) is 11.5. The van der Waals surface area contributed by atoms with E-state index in [0.29, 0.717) is 0 Å². The maximum absolute atomic E-state index is 9.18. The molecule has 84 valence electrons. The maximum Gasteiger partial charge on any atom is 0.0606 e. The first-order chi connectivity index (χ1) is 6.89. The largest absolute Gasteiger partial charge is 0.393 e. The molecule has 2 heteroatoms. The Kier molecular flexibility index (Phi) is 4.23. The molecule has 0 aliphatic heterocycles. The standard InChI is InChI=1S/C13H20OS/c1-10(14)9-15-12-7-5-11(6-8-12)13(2,3)4/h5-8,10,14H,9H2,1-4H3/t10-/m0/s1. The van der Waals surface area contributed by atoms with Crippen LogP contribution in [0.25, 0.3) is 0 Å². The molecule has 0 fully saturated rings. The number of benzene rings is 1. The molecule has 0 heterocycles. The van der Waals surface area contributed by atoms with E-state index >= 15 is 0 Å². The minimum Gasteiger partial charge on any atom is -0.393 e. The Balaban J connectivity index is 2.65. The fraction of sp³-hybridized carbons (Fsp3) is 0.538. The van der Waals surface area contributed by atoms with Crippen molar-refractivity contribution in [3.8, 4) is 0 Å². The predicted octanol–water partition coefficient (Wildman–Crippen LogP) is 3.46. The second kappa shape index (κ2) is 5.04. The van der Waals surface area contributed by atoms with E-state index in [1.54, 1.807) is 11.8 Å². The summed E-state index contributed by atoms with van der Waals surface area (Å²) in [7, 11) is 0. The molecule has 1 aromatic carbocycles. The van der Waals surface area contributed by atoms with Crippen molar-refractivity contribution in [3.63, 3.8) is 0 Å². The summed E-state index contributed by atoms with van der Waals surface area (Å²) in [5, 5.41) is 9.18. The van der Waals surface area contributed by atoms with E-state index in [9.17, 15) is 5.11 Å². The fourth-order valence-corrected chi connectivity index (χ4v) is 2.03. The average Bonchev–Trinajstić information content (AvgIpc) is 2.14. The third kappa shape index (κ3) is 4.27. The molecule has 0 aromatic heterocycles. The highest BCUT2D eigenvalue weighted by molar-refractivity contribution is 7.99. The van der Waals surface area contributed by atoms with Gasteiger partial charge in [-0.05, 0) is 30.0 Å². The summed E-state index contributed by atoms with van der Waals surface area (Å²) in [6.07, 6.45) is -0.239. The second-order valence-electron chi connectivity index (χ2n) is 4.93. The van der Waals surface area contributed by atoms with Crippen molar-refractivity contribution in [2.24, 2.45) is 0 Å². The van der Waals surface area contributed by atoms with Crippen molar-refractivity contribution in [1.82, 2.24) is 0 Å². The molecule has 15 heavy (non-hydrogen) atoms. The van der Waals surface area contributed by atoms with E-state index in [1.165, 1.54) is 10.5 Å². The van der Waals surface area contributed by atoms with Gasteiger partial charge in [-0.15, -0.1) is 11.8 Å².